The lowest BCUT2D eigenvalue weighted by Gasteiger charge is -2.22. The number of amides is 1. The van der Waals surface area contributed by atoms with Crippen molar-refractivity contribution in [3.8, 4) is 11.5 Å². The van der Waals surface area contributed by atoms with Crippen LogP contribution in [0.5, 0.6) is 11.5 Å². The van der Waals surface area contributed by atoms with E-state index >= 15 is 0 Å². The van der Waals surface area contributed by atoms with Crippen molar-refractivity contribution in [3.05, 3.63) is 58.6 Å². The second-order valence-corrected chi connectivity index (χ2v) is 6.23. The van der Waals surface area contributed by atoms with Crippen molar-refractivity contribution in [2.75, 3.05) is 20.2 Å². The van der Waals surface area contributed by atoms with E-state index in [4.69, 9.17) is 9.47 Å². The van der Waals surface area contributed by atoms with Crippen LogP contribution in [-0.2, 0) is 4.79 Å². The van der Waals surface area contributed by atoms with Gasteiger partial charge in [-0.25, -0.2) is 8.78 Å². The number of carbonyl (C=O) groups is 1. The van der Waals surface area contributed by atoms with Crippen LogP contribution < -0.4 is 9.47 Å². The first kappa shape index (κ1) is 19.2. The summed E-state index contributed by atoms with van der Waals surface area (Å²) in [7, 11) is 1.60. The average molecular weight is 414 g/mol. The Morgan fingerprint density at radius 2 is 1.92 bits per heavy atom. The van der Waals surface area contributed by atoms with Crippen molar-refractivity contribution in [1.82, 2.24) is 4.90 Å². The molecule has 0 spiro atoms. The molecule has 0 saturated heterocycles. The van der Waals surface area contributed by atoms with Gasteiger partial charge >= 0.3 is 0 Å². The van der Waals surface area contributed by atoms with Crippen molar-refractivity contribution in [2.45, 2.75) is 13.0 Å². The monoisotopic (exact) mass is 413 g/mol. The Labute approximate surface area is 153 Å². The molecule has 0 aliphatic rings. The lowest BCUT2D eigenvalue weighted by Crippen LogP contribution is -2.40. The van der Waals surface area contributed by atoms with E-state index in [9.17, 15) is 13.6 Å². The molecule has 0 aliphatic heterocycles. The average Bonchev–Trinajstić information content (AvgIpc) is 2.58. The number of benzene rings is 2. The van der Waals surface area contributed by atoms with Gasteiger partial charge in [-0.1, -0.05) is 12.1 Å². The smallest absolute Gasteiger partial charge is 0.263 e. The Morgan fingerprint density at radius 1 is 1.20 bits per heavy atom. The zero-order valence-corrected chi connectivity index (χ0v) is 15.4. The Bertz CT molecular complexity index is 742. The molecule has 2 aromatic carbocycles. The molecule has 1 unspecified atom stereocenters. The number of nitrogens with zero attached hydrogens (tertiary/aromatic N) is 1. The van der Waals surface area contributed by atoms with E-state index in [1.54, 1.807) is 26.1 Å². The van der Waals surface area contributed by atoms with Crippen LogP contribution in [0.3, 0.4) is 0 Å². The van der Waals surface area contributed by atoms with Gasteiger partial charge < -0.3 is 14.4 Å². The molecule has 0 saturated carbocycles. The summed E-state index contributed by atoms with van der Waals surface area (Å²) in [6.07, 6.45) is -0.764. The molecule has 0 aliphatic carbocycles. The van der Waals surface area contributed by atoms with Crippen molar-refractivity contribution >= 4 is 21.8 Å². The molecule has 0 heterocycles. The quantitative estimate of drug-likeness (QED) is 0.687. The van der Waals surface area contributed by atoms with Crippen LogP contribution in [-0.4, -0.2) is 37.1 Å². The highest BCUT2D eigenvalue weighted by atomic mass is 79.9. The number of ether oxygens (including phenoxy) is 2. The van der Waals surface area contributed by atoms with Gasteiger partial charge in [-0.3, -0.25) is 4.79 Å². The van der Waals surface area contributed by atoms with Gasteiger partial charge in [0.1, 0.15) is 18.2 Å². The first-order valence-corrected chi connectivity index (χ1v) is 8.42. The number of likely N-dealkylation sites (N-methyl/N-ethyl adjacent to an activating group) is 1. The second kappa shape index (κ2) is 8.80. The summed E-state index contributed by atoms with van der Waals surface area (Å²) < 4.78 is 37.8. The third kappa shape index (κ3) is 5.42. The van der Waals surface area contributed by atoms with Gasteiger partial charge in [0.2, 0.25) is 0 Å². The summed E-state index contributed by atoms with van der Waals surface area (Å²) in [5.74, 6) is -0.607. The number of hydrogen-bond acceptors (Lipinski definition) is 3. The Kier molecular flexibility index (Phi) is 6.75. The Balaban J connectivity index is 1.85. The molecule has 2 rings (SSSR count). The number of para-hydroxylation sites is 1. The maximum atomic E-state index is 13.5. The zero-order valence-electron chi connectivity index (χ0n) is 13.8. The molecule has 0 N–H and O–H groups in total. The third-order valence-corrected chi connectivity index (χ3v) is 4.06. The van der Waals surface area contributed by atoms with Gasteiger partial charge in [-0.2, -0.15) is 0 Å². The van der Waals surface area contributed by atoms with Gasteiger partial charge in [0.05, 0.1) is 11.0 Å². The van der Waals surface area contributed by atoms with Crippen LogP contribution in [0.15, 0.2) is 46.9 Å². The van der Waals surface area contributed by atoms with Gasteiger partial charge in [0, 0.05) is 7.05 Å². The lowest BCUT2D eigenvalue weighted by molar-refractivity contribution is -0.136. The van der Waals surface area contributed by atoms with Crippen molar-refractivity contribution in [3.63, 3.8) is 0 Å². The van der Waals surface area contributed by atoms with Crippen LogP contribution >= 0.6 is 15.9 Å². The van der Waals surface area contributed by atoms with E-state index in [1.807, 2.05) is 0 Å². The molecule has 0 radical (unpaired) electrons. The minimum Gasteiger partial charge on any atom is -0.489 e. The lowest BCUT2D eigenvalue weighted by atomic mass is 10.3. The molecule has 0 aromatic heterocycles. The number of rotatable bonds is 7. The fraction of sp³-hybridized carbons (Fsp3) is 0.278. The van der Waals surface area contributed by atoms with Crippen LogP contribution in [0.4, 0.5) is 8.78 Å². The predicted octanol–water partition coefficient (Wildman–Crippen LogP) is 4.03. The van der Waals surface area contributed by atoms with E-state index < -0.39 is 17.7 Å². The SMILES string of the molecule is CC(Oc1ccc(F)cc1Br)C(=O)N(C)CCOc1ccccc1F. The van der Waals surface area contributed by atoms with E-state index in [2.05, 4.69) is 15.9 Å². The van der Waals surface area contributed by atoms with Crippen molar-refractivity contribution in [1.29, 1.82) is 0 Å². The predicted molar refractivity (Wildman–Crippen MR) is 93.7 cm³/mol. The van der Waals surface area contributed by atoms with E-state index in [0.29, 0.717) is 10.2 Å². The standard InChI is InChI=1S/C18H18BrF2NO3/c1-12(25-16-8-7-13(20)11-14(16)19)18(23)22(2)9-10-24-17-6-4-3-5-15(17)21/h3-8,11-12H,9-10H2,1-2H3. The van der Waals surface area contributed by atoms with Gasteiger partial charge in [0.15, 0.2) is 17.7 Å². The van der Waals surface area contributed by atoms with Crippen LogP contribution in [0, 0.1) is 11.6 Å². The van der Waals surface area contributed by atoms with E-state index in [-0.39, 0.29) is 24.8 Å². The summed E-state index contributed by atoms with van der Waals surface area (Å²) >= 11 is 3.19. The molecule has 0 fully saturated rings. The fourth-order valence-electron chi connectivity index (χ4n) is 2.09. The second-order valence-electron chi connectivity index (χ2n) is 5.37. The number of carbonyl (C=O) groups excluding carboxylic acids is 1. The molecular weight excluding hydrogens is 396 g/mol. The van der Waals surface area contributed by atoms with Crippen LogP contribution in [0.2, 0.25) is 0 Å². The molecular formula is C18H18BrF2NO3. The topological polar surface area (TPSA) is 38.8 Å². The molecule has 25 heavy (non-hydrogen) atoms. The molecule has 1 amide bonds. The highest BCUT2D eigenvalue weighted by molar-refractivity contribution is 9.10. The van der Waals surface area contributed by atoms with Gasteiger partial charge in [0.25, 0.3) is 5.91 Å². The normalized spacial score (nSPS) is 11.7. The molecule has 1 atom stereocenters. The summed E-state index contributed by atoms with van der Waals surface area (Å²) in [6, 6.07) is 10.0. The van der Waals surface area contributed by atoms with Gasteiger partial charge in [-0.05, 0) is 53.2 Å². The summed E-state index contributed by atoms with van der Waals surface area (Å²) in [4.78, 5) is 13.8. The Morgan fingerprint density at radius 3 is 2.60 bits per heavy atom. The summed E-state index contributed by atoms with van der Waals surface area (Å²) in [5.41, 5.74) is 0. The minimum absolute atomic E-state index is 0.142. The highest BCUT2D eigenvalue weighted by Crippen LogP contribution is 2.26. The summed E-state index contributed by atoms with van der Waals surface area (Å²) in [6.45, 7) is 2.02. The zero-order chi connectivity index (χ0) is 18.4. The summed E-state index contributed by atoms with van der Waals surface area (Å²) in [5, 5.41) is 0. The third-order valence-electron chi connectivity index (χ3n) is 3.44. The molecule has 2 aromatic rings. The van der Waals surface area contributed by atoms with Crippen molar-refractivity contribution < 1.29 is 23.0 Å². The highest BCUT2D eigenvalue weighted by Gasteiger charge is 2.20. The largest absolute Gasteiger partial charge is 0.489 e. The van der Waals surface area contributed by atoms with Gasteiger partial charge in [-0.15, -0.1) is 0 Å². The number of hydrogen-bond donors (Lipinski definition) is 0. The first-order chi connectivity index (χ1) is 11.9. The molecule has 134 valence electrons. The molecule has 4 nitrogen and oxygen atoms in total. The number of halogens is 3. The molecule has 0 bridgehead atoms. The van der Waals surface area contributed by atoms with E-state index in [0.717, 1.165) is 0 Å². The van der Waals surface area contributed by atoms with Crippen molar-refractivity contribution in [2.24, 2.45) is 0 Å². The minimum atomic E-state index is -0.764. The fourth-order valence-corrected chi connectivity index (χ4v) is 2.53. The van der Waals surface area contributed by atoms with Crippen LogP contribution in [0.1, 0.15) is 6.92 Å². The van der Waals surface area contributed by atoms with E-state index in [1.165, 1.54) is 35.2 Å². The maximum Gasteiger partial charge on any atom is 0.263 e. The first-order valence-electron chi connectivity index (χ1n) is 7.62. The molecule has 7 heteroatoms. The van der Waals surface area contributed by atoms with Crippen LogP contribution in [0.25, 0.3) is 0 Å². The Hall–Kier alpha value is -2.15. The maximum absolute atomic E-state index is 13.5.